The maximum atomic E-state index is 5.60. The molecule has 0 amide bonds. The number of likely N-dealkylation sites (N-methyl/N-ethyl adjacent to an activating group) is 2. The zero-order chi connectivity index (χ0) is 13.1. The highest BCUT2D eigenvalue weighted by Gasteiger charge is 2.22. The molecule has 1 aliphatic heterocycles. The molecule has 1 unspecified atom stereocenters. The molecule has 0 aliphatic carbocycles. The number of hydrogen-bond donors (Lipinski definition) is 1. The lowest BCUT2D eigenvalue weighted by Crippen LogP contribution is -2.36. The van der Waals surface area contributed by atoms with Crippen molar-refractivity contribution in [2.45, 2.75) is 38.9 Å². The summed E-state index contributed by atoms with van der Waals surface area (Å²) in [7, 11) is 4.40. The Hall–Kier alpha value is -0.840. The third-order valence-electron chi connectivity index (χ3n) is 3.91. The third kappa shape index (κ3) is 3.13. The molecule has 1 aliphatic rings. The van der Waals surface area contributed by atoms with Gasteiger partial charge in [0.1, 0.15) is 11.5 Å². The van der Waals surface area contributed by atoms with Crippen LogP contribution in [0.4, 0.5) is 0 Å². The Morgan fingerprint density at radius 1 is 1.56 bits per heavy atom. The van der Waals surface area contributed by atoms with E-state index >= 15 is 0 Å². The van der Waals surface area contributed by atoms with Crippen LogP contribution in [0.3, 0.4) is 0 Å². The lowest BCUT2D eigenvalue weighted by atomic mass is 10.2. The highest BCUT2D eigenvalue weighted by molar-refractivity contribution is 5.20. The van der Waals surface area contributed by atoms with Crippen LogP contribution < -0.4 is 5.73 Å². The molecule has 0 saturated carbocycles. The lowest BCUT2D eigenvalue weighted by Gasteiger charge is -2.25. The molecule has 4 nitrogen and oxygen atoms in total. The van der Waals surface area contributed by atoms with Crippen molar-refractivity contribution in [3.63, 3.8) is 0 Å². The Kier molecular flexibility index (Phi) is 4.43. The van der Waals surface area contributed by atoms with Crippen LogP contribution in [0.2, 0.25) is 0 Å². The molecule has 1 aromatic heterocycles. The number of likely N-dealkylation sites (tertiary alicyclic amines) is 1. The van der Waals surface area contributed by atoms with Gasteiger partial charge in [-0.05, 0) is 46.5 Å². The predicted molar refractivity (Wildman–Crippen MR) is 73.3 cm³/mol. The first kappa shape index (κ1) is 13.6. The summed E-state index contributed by atoms with van der Waals surface area (Å²) in [6.45, 7) is 5.80. The number of rotatable bonds is 5. The van der Waals surface area contributed by atoms with Crippen LogP contribution in [-0.4, -0.2) is 43.0 Å². The number of aryl methyl sites for hydroxylation is 1. The van der Waals surface area contributed by atoms with Crippen LogP contribution in [0.1, 0.15) is 29.9 Å². The number of nitrogens with zero attached hydrogens (tertiary/aromatic N) is 2. The first-order valence-corrected chi connectivity index (χ1v) is 6.77. The highest BCUT2D eigenvalue weighted by atomic mass is 16.3. The fourth-order valence-electron chi connectivity index (χ4n) is 2.77. The first-order valence-electron chi connectivity index (χ1n) is 6.77. The molecule has 1 fully saturated rings. The molecule has 0 radical (unpaired) electrons. The number of furan rings is 1. The van der Waals surface area contributed by atoms with E-state index < -0.39 is 0 Å². The molecule has 1 saturated heterocycles. The number of nitrogens with two attached hydrogens (primary N) is 1. The van der Waals surface area contributed by atoms with Crippen LogP contribution in [0, 0.1) is 6.92 Å². The molecular weight excluding hydrogens is 226 g/mol. The van der Waals surface area contributed by atoms with Crippen molar-refractivity contribution < 1.29 is 4.42 Å². The molecule has 1 aromatic rings. The monoisotopic (exact) mass is 251 g/mol. The van der Waals surface area contributed by atoms with Crippen LogP contribution in [0.15, 0.2) is 10.5 Å². The summed E-state index contributed by atoms with van der Waals surface area (Å²) in [4.78, 5) is 4.84. The Bertz CT molecular complexity index is 388. The van der Waals surface area contributed by atoms with Crippen molar-refractivity contribution >= 4 is 0 Å². The fourth-order valence-corrected chi connectivity index (χ4v) is 2.77. The van der Waals surface area contributed by atoms with Gasteiger partial charge in [-0.2, -0.15) is 0 Å². The van der Waals surface area contributed by atoms with E-state index in [9.17, 15) is 0 Å². The van der Waals surface area contributed by atoms with Gasteiger partial charge in [0.15, 0.2) is 0 Å². The van der Waals surface area contributed by atoms with Crippen LogP contribution in [0.5, 0.6) is 0 Å². The maximum absolute atomic E-state index is 5.60. The Morgan fingerprint density at radius 3 is 2.89 bits per heavy atom. The summed E-state index contributed by atoms with van der Waals surface area (Å²) in [6, 6.07) is 2.79. The average molecular weight is 251 g/mol. The van der Waals surface area contributed by atoms with Crippen molar-refractivity contribution in [3.05, 3.63) is 23.2 Å². The smallest absolute Gasteiger partial charge is 0.118 e. The van der Waals surface area contributed by atoms with Gasteiger partial charge >= 0.3 is 0 Å². The lowest BCUT2D eigenvalue weighted by molar-refractivity contribution is 0.215. The van der Waals surface area contributed by atoms with Crippen molar-refractivity contribution in [3.8, 4) is 0 Å². The second-order valence-corrected chi connectivity index (χ2v) is 5.47. The second-order valence-electron chi connectivity index (χ2n) is 5.47. The molecule has 1 atom stereocenters. The van der Waals surface area contributed by atoms with E-state index in [2.05, 4.69) is 30.0 Å². The van der Waals surface area contributed by atoms with Crippen LogP contribution in [0.25, 0.3) is 0 Å². The summed E-state index contributed by atoms with van der Waals surface area (Å²) in [6.07, 6.45) is 2.65. The largest absolute Gasteiger partial charge is 0.465 e. The van der Waals surface area contributed by atoms with Crippen LogP contribution in [-0.2, 0) is 13.1 Å². The minimum absolute atomic E-state index is 0.482. The van der Waals surface area contributed by atoms with Gasteiger partial charge in [-0.3, -0.25) is 0 Å². The third-order valence-corrected chi connectivity index (χ3v) is 3.91. The highest BCUT2D eigenvalue weighted by Crippen LogP contribution is 2.19. The standard InChI is InChI=1S/C14H25N3O/c1-11-12(7-14(8-15)18-11)9-16(2)10-13-5-4-6-17(13)3/h7,13H,4-6,8-10,15H2,1-3H3. The summed E-state index contributed by atoms with van der Waals surface area (Å²) in [5.74, 6) is 1.89. The molecule has 2 N–H and O–H groups in total. The molecule has 4 heteroatoms. The van der Waals surface area contributed by atoms with E-state index in [0.717, 1.165) is 24.6 Å². The van der Waals surface area contributed by atoms with E-state index in [4.69, 9.17) is 10.2 Å². The molecular formula is C14H25N3O. The van der Waals surface area contributed by atoms with Crippen LogP contribution >= 0.6 is 0 Å². The minimum atomic E-state index is 0.482. The van der Waals surface area contributed by atoms with Gasteiger partial charge in [0.05, 0.1) is 6.54 Å². The van der Waals surface area contributed by atoms with E-state index in [1.807, 2.05) is 6.92 Å². The van der Waals surface area contributed by atoms with Gasteiger partial charge in [-0.15, -0.1) is 0 Å². The normalized spacial score (nSPS) is 21.1. The van der Waals surface area contributed by atoms with Gasteiger partial charge < -0.3 is 20.0 Å². The fraction of sp³-hybridized carbons (Fsp3) is 0.714. The summed E-state index contributed by atoms with van der Waals surface area (Å²) >= 11 is 0. The van der Waals surface area contributed by atoms with Gasteiger partial charge in [0, 0.05) is 24.7 Å². The Morgan fingerprint density at radius 2 is 2.33 bits per heavy atom. The number of hydrogen-bond acceptors (Lipinski definition) is 4. The molecule has 0 spiro atoms. The van der Waals surface area contributed by atoms with E-state index in [0.29, 0.717) is 12.6 Å². The summed E-state index contributed by atoms with van der Waals surface area (Å²) in [5.41, 5.74) is 6.86. The van der Waals surface area contributed by atoms with Gasteiger partial charge in [-0.1, -0.05) is 0 Å². The quantitative estimate of drug-likeness (QED) is 0.863. The predicted octanol–water partition coefficient (Wildman–Crippen LogP) is 1.57. The Labute approximate surface area is 110 Å². The van der Waals surface area contributed by atoms with E-state index in [1.54, 1.807) is 0 Å². The summed E-state index contributed by atoms with van der Waals surface area (Å²) in [5, 5.41) is 0. The first-order chi connectivity index (χ1) is 8.60. The van der Waals surface area contributed by atoms with Gasteiger partial charge in [-0.25, -0.2) is 0 Å². The summed E-state index contributed by atoms with van der Waals surface area (Å²) < 4.78 is 5.59. The topological polar surface area (TPSA) is 45.6 Å². The minimum Gasteiger partial charge on any atom is -0.465 e. The molecule has 2 heterocycles. The second kappa shape index (κ2) is 5.87. The molecule has 0 bridgehead atoms. The van der Waals surface area contributed by atoms with Crippen molar-refractivity contribution in [1.82, 2.24) is 9.80 Å². The van der Waals surface area contributed by atoms with Crippen molar-refractivity contribution in [2.75, 3.05) is 27.2 Å². The molecule has 18 heavy (non-hydrogen) atoms. The zero-order valence-electron chi connectivity index (χ0n) is 11.8. The van der Waals surface area contributed by atoms with Gasteiger partial charge in [0.2, 0.25) is 0 Å². The van der Waals surface area contributed by atoms with Crippen molar-refractivity contribution in [1.29, 1.82) is 0 Å². The van der Waals surface area contributed by atoms with Gasteiger partial charge in [0.25, 0.3) is 0 Å². The maximum Gasteiger partial charge on any atom is 0.118 e. The van der Waals surface area contributed by atoms with Crippen molar-refractivity contribution in [2.24, 2.45) is 5.73 Å². The average Bonchev–Trinajstić information content (AvgIpc) is 2.87. The molecule has 2 rings (SSSR count). The SMILES string of the molecule is Cc1oc(CN)cc1CN(C)CC1CCCN1C. The van der Waals surface area contributed by atoms with E-state index in [1.165, 1.54) is 24.9 Å². The zero-order valence-corrected chi connectivity index (χ0v) is 11.8. The van der Waals surface area contributed by atoms with E-state index in [-0.39, 0.29) is 0 Å². The molecule has 102 valence electrons. The molecule has 0 aromatic carbocycles. The Balaban J connectivity index is 1.89.